The first-order chi connectivity index (χ1) is 7.72. The van der Waals surface area contributed by atoms with Crippen molar-refractivity contribution in [2.75, 3.05) is 5.32 Å². The normalized spacial score (nSPS) is 15.4. The van der Waals surface area contributed by atoms with E-state index < -0.39 is 0 Å². The van der Waals surface area contributed by atoms with Gasteiger partial charge in [-0.25, -0.2) is 9.97 Å². The van der Waals surface area contributed by atoms with Gasteiger partial charge in [-0.2, -0.15) is 0 Å². The molecule has 0 bridgehead atoms. The van der Waals surface area contributed by atoms with E-state index in [4.69, 9.17) is 11.6 Å². The van der Waals surface area contributed by atoms with E-state index in [1.165, 1.54) is 12.8 Å². The van der Waals surface area contributed by atoms with Gasteiger partial charge in [-0.05, 0) is 42.6 Å². The first-order valence-corrected chi connectivity index (χ1v) is 6.29. The second-order valence-corrected chi connectivity index (χ2v) is 5.18. The number of hydrogen-bond acceptors (Lipinski definition) is 3. The van der Waals surface area contributed by atoms with Gasteiger partial charge >= 0.3 is 0 Å². The lowest BCUT2D eigenvalue weighted by molar-refractivity contribution is 1.10. The molecule has 0 aliphatic heterocycles. The smallest absolute Gasteiger partial charge is 0.224 e. The maximum Gasteiger partial charge on any atom is 0.224 e. The number of benzene rings is 1. The van der Waals surface area contributed by atoms with Crippen LogP contribution in [0.4, 0.5) is 5.82 Å². The molecule has 0 saturated heterocycles. The van der Waals surface area contributed by atoms with Crippen LogP contribution in [0.15, 0.2) is 22.7 Å². The van der Waals surface area contributed by atoms with Gasteiger partial charge in [0.2, 0.25) is 5.28 Å². The molecular weight excluding hydrogens is 289 g/mol. The number of halogens is 2. The SMILES string of the molecule is Clc1nc(NC2CC2)c2ccc(Br)cc2n1. The monoisotopic (exact) mass is 297 g/mol. The van der Waals surface area contributed by atoms with E-state index in [1.807, 2.05) is 18.2 Å². The number of nitrogens with zero attached hydrogens (tertiary/aromatic N) is 2. The zero-order chi connectivity index (χ0) is 11.1. The van der Waals surface area contributed by atoms with Crippen LogP contribution in [0.5, 0.6) is 0 Å². The largest absolute Gasteiger partial charge is 0.367 e. The van der Waals surface area contributed by atoms with Gasteiger partial charge in [0, 0.05) is 15.9 Å². The van der Waals surface area contributed by atoms with E-state index in [0.29, 0.717) is 6.04 Å². The molecule has 1 fully saturated rings. The average molecular weight is 299 g/mol. The fourth-order valence-corrected chi connectivity index (χ4v) is 2.13. The van der Waals surface area contributed by atoms with Gasteiger partial charge in [-0.15, -0.1) is 0 Å². The molecule has 1 aliphatic carbocycles. The maximum absolute atomic E-state index is 5.90. The van der Waals surface area contributed by atoms with Crippen LogP contribution in [0.2, 0.25) is 5.28 Å². The van der Waals surface area contributed by atoms with E-state index in [0.717, 1.165) is 21.2 Å². The molecule has 0 radical (unpaired) electrons. The molecule has 1 heterocycles. The Hall–Kier alpha value is -0.870. The summed E-state index contributed by atoms with van der Waals surface area (Å²) < 4.78 is 0.993. The molecule has 1 aromatic carbocycles. The van der Waals surface area contributed by atoms with E-state index >= 15 is 0 Å². The first kappa shape index (κ1) is 10.3. The summed E-state index contributed by atoms with van der Waals surface area (Å²) in [6.45, 7) is 0. The molecule has 82 valence electrons. The van der Waals surface area contributed by atoms with E-state index in [1.54, 1.807) is 0 Å². The second-order valence-electron chi connectivity index (χ2n) is 3.92. The van der Waals surface area contributed by atoms with Gasteiger partial charge in [0.15, 0.2) is 0 Å². The average Bonchev–Trinajstić information content (AvgIpc) is 3.00. The van der Waals surface area contributed by atoms with Crippen molar-refractivity contribution in [2.24, 2.45) is 0 Å². The summed E-state index contributed by atoms with van der Waals surface area (Å²) in [5.41, 5.74) is 0.859. The summed E-state index contributed by atoms with van der Waals surface area (Å²) >= 11 is 9.32. The predicted molar refractivity (Wildman–Crippen MR) is 68.9 cm³/mol. The second kappa shape index (κ2) is 3.86. The van der Waals surface area contributed by atoms with Crippen LogP contribution >= 0.6 is 27.5 Å². The van der Waals surface area contributed by atoms with Crippen molar-refractivity contribution >= 4 is 44.3 Å². The lowest BCUT2D eigenvalue weighted by Crippen LogP contribution is -2.04. The molecule has 2 aromatic rings. The highest BCUT2D eigenvalue weighted by Gasteiger charge is 2.22. The highest BCUT2D eigenvalue weighted by Crippen LogP contribution is 2.29. The number of aromatic nitrogens is 2. The minimum absolute atomic E-state index is 0.286. The Morgan fingerprint density at radius 1 is 1.31 bits per heavy atom. The zero-order valence-corrected chi connectivity index (χ0v) is 10.7. The molecule has 1 N–H and O–H groups in total. The van der Waals surface area contributed by atoms with Crippen LogP contribution in [-0.4, -0.2) is 16.0 Å². The van der Waals surface area contributed by atoms with Crippen molar-refractivity contribution in [3.63, 3.8) is 0 Å². The highest BCUT2D eigenvalue weighted by molar-refractivity contribution is 9.10. The van der Waals surface area contributed by atoms with Crippen molar-refractivity contribution in [1.29, 1.82) is 0 Å². The Kier molecular flexibility index (Phi) is 2.48. The highest BCUT2D eigenvalue weighted by atomic mass is 79.9. The molecule has 0 spiro atoms. The van der Waals surface area contributed by atoms with Crippen LogP contribution in [0.1, 0.15) is 12.8 Å². The maximum atomic E-state index is 5.90. The third kappa shape index (κ3) is 1.99. The minimum Gasteiger partial charge on any atom is -0.367 e. The predicted octanol–water partition coefficient (Wildman–Crippen LogP) is 3.62. The Bertz CT molecular complexity index is 549. The van der Waals surface area contributed by atoms with Crippen molar-refractivity contribution < 1.29 is 0 Å². The molecule has 1 saturated carbocycles. The summed E-state index contributed by atoms with van der Waals surface area (Å²) in [7, 11) is 0. The fraction of sp³-hybridized carbons (Fsp3) is 0.273. The summed E-state index contributed by atoms with van der Waals surface area (Å²) in [5, 5.41) is 4.67. The van der Waals surface area contributed by atoms with Gasteiger partial charge in [0.05, 0.1) is 5.52 Å². The molecule has 0 unspecified atom stereocenters. The van der Waals surface area contributed by atoms with Crippen LogP contribution < -0.4 is 5.32 Å². The minimum atomic E-state index is 0.286. The Balaban J connectivity index is 2.16. The number of nitrogens with one attached hydrogen (secondary N) is 1. The van der Waals surface area contributed by atoms with Crippen molar-refractivity contribution in [3.8, 4) is 0 Å². The zero-order valence-electron chi connectivity index (χ0n) is 8.37. The number of rotatable bonds is 2. The fourth-order valence-electron chi connectivity index (χ4n) is 1.61. The van der Waals surface area contributed by atoms with Crippen LogP contribution in [0.3, 0.4) is 0 Å². The van der Waals surface area contributed by atoms with Crippen LogP contribution in [0.25, 0.3) is 10.9 Å². The molecule has 3 rings (SSSR count). The summed E-state index contributed by atoms with van der Waals surface area (Å²) in [4.78, 5) is 8.45. The van der Waals surface area contributed by atoms with Crippen LogP contribution in [-0.2, 0) is 0 Å². The Labute approximate surface area is 106 Å². The number of anilines is 1. The topological polar surface area (TPSA) is 37.8 Å². The van der Waals surface area contributed by atoms with Crippen molar-refractivity contribution in [3.05, 3.63) is 28.0 Å². The van der Waals surface area contributed by atoms with Gasteiger partial charge in [-0.1, -0.05) is 15.9 Å². The quantitative estimate of drug-likeness (QED) is 0.861. The van der Waals surface area contributed by atoms with Crippen molar-refractivity contribution in [2.45, 2.75) is 18.9 Å². The van der Waals surface area contributed by atoms with Crippen molar-refractivity contribution in [1.82, 2.24) is 9.97 Å². The third-order valence-electron chi connectivity index (χ3n) is 2.55. The third-order valence-corrected chi connectivity index (χ3v) is 3.21. The number of fused-ring (bicyclic) bond motifs is 1. The summed E-state index contributed by atoms with van der Waals surface area (Å²) in [6, 6.07) is 6.48. The number of hydrogen-bond donors (Lipinski definition) is 1. The van der Waals surface area contributed by atoms with Gasteiger partial charge in [-0.3, -0.25) is 0 Å². The summed E-state index contributed by atoms with van der Waals surface area (Å²) in [5.74, 6) is 0.838. The molecule has 16 heavy (non-hydrogen) atoms. The first-order valence-electron chi connectivity index (χ1n) is 5.12. The Morgan fingerprint density at radius 2 is 2.12 bits per heavy atom. The summed E-state index contributed by atoms with van der Waals surface area (Å²) in [6.07, 6.45) is 2.42. The molecule has 0 amide bonds. The molecule has 5 heteroatoms. The van der Waals surface area contributed by atoms with E-state index in [2.05, 4.69) is 31.2 Å². The van der Waals surface area contributed by atoms with E-state index in [9.17, 15) is 0 Å². The molecule has 1 aromatic heterocycles. The molecule has 1 aliphatic rings. The Morgan fingerprint density at radius 3 is 2.88 bits per heavy atom. The molecule has 0 atom stereocenters. The molecular formula is C11H9BrClN3. The van der Waals surface area contributed by atoms with Gasteiger partial charge in [0.1, 0.15) is 5.82 Å². The van der Waals surface area contributed by atoms with Gasteiger partial charge in [0.25, 0.3) is 0 Å². The standard InChI is InChI=1S/C11H9BrClN3/c12-6-1-4-8-9(5-6)15-11(13)16-10(8)14-7-2-3-7/h1,4-5,7H,2-3H2,(H,14,15,16). The molecule has 3 nitrogen and oxygen atoms in total. The van der Waals surface area contributed by atoms with Gasteiger partial charge < -0.3 is 5.32 Å². The van der Waals surface area contributed by atoms with E-state index in [-0.39, 0.29) is 5.28 Å². The lowest BCUT2D eigenvalue weighted by atomic mass is 10.2. The van der Waals surface area contributed by atoms with Crippen LogP contribution in [0, 0.1) is 0 Å². The lowest BCUT2D eigenvalue weighted by Gasteiger charge is -2.07.